The van der Waals surface area contributed by atoms with Crippen molar-refractivity contribution < 1.29 is 14.3 Å². The lowest BCUT2D eigenvalue weighted by atomic mass is 9.94. The molecule has 1 amide bonds. The molecule has 0 radical (unpaired) electrons. The van der Waals surface area contributed by atoms with E-state index in [-0.39, 0.29) is 12.0 Å². The molecule has 5 nitrogen and oxygen atoms in total. The summed E-state index contributed by atoms with van der Waals surface area (Å²) in [6, 6.07) is 6.64. The first-order chi connectivity index (χ1) is 11.9. The van der Waals surface area contributed by atoms with E-state index in [0.717, 1.165) is 5.56 Å². The van der Waals surface area contributed by atoms with Gasteiger partial charge in [-0.1, -0.05) is 35.5 Å². The summed E-state index contributed by atoms with van der Waals surface area (Å²) in [6.45, 7) is 5.36. The highest BCUT2D eigenvalue weighted by Gasteiger charge is 2.41. The molecule has 2 aliphatic rings. The third kappa shape index (κ3) is 3.60. The van der Waals surface area contributed by atoms with E-state index >= 15 is 0 Å². The molecule has 132 valence electrons. The van der Waals surface area contributed by atoms with Gasteiger partial charge >= 0.3 is 5.97 Å². The maximum Gasteiger partial charge on any atom is 0.338 e. The number of hydrogen-bond acceptors (Lipinski definition) is 5. The number of ether oxygens (including phenoxy) is 1. The van der Waals surface area contributed by atoms with E-state index in [9.17, 15) is 9.59 Å². The Kier molecular flexibility index (Phi) is 5.20. The molecule has 2 aliphatic heterocycles. The summed E-state index contributed by atoms with van der Waals surface area (Å²) in [7, 11) is 0. The van der Waals surface area contributed by atoms with Gasteiger partial charge in [0, 0.05) is 17.2 Å². The van der Waals surface area contributed by atoms with Gasteiger partial charge in [0.25, 0.3) is 0 Å². The molecule has 0 saturated carbocycles. The normalized spacial score (nSPS) is 20.5. The molecule has 7 heteroatoms. The number of carbonyl (C=O) groups excluding carboxylic acids is 2. The molecule has 0 N–H and O–H groups in total. The van der Waals surface area contributed by atoms with Gasteiger partial charge < -0.3 is 4.74 Å². The lowest BCUT2D eigenvalue weighted by Gasteiger charge is -2.39. The molecule has 0 bridgehead atoms. The van der Waals surface area contributed by atoms with Crippen LogP contribution < -0.4 is 0 Å². The van der Waals surface area contributed by atoms with E-state index in [2.05, 4.69) is 4.99 Å². The average Bonchev–Trinajstić information content (AvgIpc) is 2.53. The topological polar surface area (TPSA) is 59.0 Å². The summed E-state index contributed by atoms with van der Waals surface area (Å²) in [5, 5.41) is 1.17. The fourth-order valence-corrected chi connectivity index (χ4v) is 4.13. The van der Waals surface area contributed by atoms with Crippen molar-refractivity contribution in [1.82, 2.24) is 4.90 Å². The van der Waals surface area contributed by atoms with Crippen molar-refractivity contribution in [3.63, 3.8) is 0 Å². The van der Waals surface area contributed by atoms with Crippen LogP contribution in [-0.4, -0.2) is 33.8 Å². The van der Waals surface area contributed by atoms with Crippen molar-refractivity contribution in [2.75, 3.05) is 5.75 Å². The maximum atomic E-state index is 12.7. The number of allylic oxidation sites excluding steroid dienone is 1. The summed E-state index contributed by atoms with van der Waals surface area (Å²) in [4.78, 5) is 31.5. The molecule has 1 saturated heterocycles. The van der Waals surface area contributed by atoms with Crippen molar-refractivity contribution >= 4 is 40.4 Å². The molecule has 0 spiro atoms. The van der Waals surface area contributed by atoms with Crippen molar-refractivity contribution in [2.45, 2.75) is 39.3 Å². The van der Waals surface area contributed by atoms with E-state index in [1.807, 2.05) is 12.1 Å². The minimum atomic E-state index is -0.572. The number of benzene rings is 1. The van der Waals surface area contributed by atoms with Gasteiger partial charge in [0.2, 0.25) is 5.91 Å². The number of esters is 1. The highest BCUT2D eigenvalue weighted by Crippen LogP contribution is 2.40. The average molecular weight is 379 g/mol. The van der Waals surface area contributed by atoms with Gasteiger partial charge in [-0.15, -0.1) is 0 Å². The molecule has 1 fully saturated rings. The summed E-state index contributed by atoms with van der Waals surface area (Å²) in [5.41, 5.74) is 1.73. The summed E-state index contributed by atoms with van der Waals surface area (Å²) in [6.07, 6.45) is 0.149. The number of thioether (sulfide) groups is 1. The number of hydrogen-bond donors (Lipinski definition) is 0. The molecule has 0 aromatic heterocycles. The van der Waals surface area contributed by atoms with Crippen LogP contribution in [0.4, 0.5) is 0 Å². The Hall–Kier alpha value is -1.79. The Bertz CT molecular complexity index is 788. The number of aliphatic imine (C=N–C) groups is 1. The van der Waals surface area contributed by atoms with E-state index in [1.165, 1.54) is 11.8 Å². The van der Waals surface area contributed by atoms with Crippen LogP contribution in [0.25, 0.3) is 0 Å². The van der Waals surface area contributed by atoms with Crippen molar-refractivity contribution in [2.24, 2.45) is 4.99 Å². The molecule has 2 heterocycles. The largest absolute Gasteiger partial charge is 0.459 e. The van der Waals surface area contributed by atoms with Crippen molar-refractivity contribution in [3.05, 3.63) is 46.1 Å². The first-order valence-corrected chi connectivity index (χ1v) is 9.45. The summed E-state index contributed by atoms with van der Waals surface area (Å²) >= 11 is 7.67. The first-order valence-electron chi connectivity index (χ1n) is 8.09. The monoisotopic (exact) mass is 378 g/mol. The standard InChI is InChI=1S/C18H19ClN2O3S/c1-10(2)24-17(23)15-11(3)20-18-21(14(22)7-8-25-18)16(15)12-5-4-6-13(19)9-12/h4-6,9-10,16H,7-8H2,1-3H3/t16-/m0/s1. The second kappa shape index (κ2) is 7.22. The van der Waals surface area contributed by atoms with E-state index in [4.69, 9.17) is 16.3 Å². The lowest BCUT2D eigenvalue weighted by molar-refractivity contribution is -0.143. The highest BCUT2D eigenvalue weighted by molar-refractivity contribution is 8.14. The van der Waals surface area contributed by atoms with Crippen LogP contribution >= 0.6 is 23.4 Å². The third-order valence-electron chi connectivity index (χ3n) is 3.93. The fraction of sp³-hybridized carbons (Fsp3) is 0.389. The van der Waals surface area contributed by atoms with Gasteiger partial charge in [0.15, 0.2) is 5.17 Å². The summed E-state index contributed by atoms with van der Waals surface area (Å²) < 4.78 is 5.41. The Morgan fingerprint density at radius 1 is 1.44 bits per heavy atom. The van der Waals surface area contributed by atoms with E-state index in [1.54, 1.807) is 37.8 Å². The van der Waals surface area contributed by atoms with Gasteiger partial charge in [-0.3, -0.25) is 9.69 Å². The molecule has 3 rings (SSSR count). The van der Waals surface area contributed by atoms with Crippen LogP contribution in [0.2, 0.25) is 5.02 Å². The zero-order valence-electron chi connectivity index (χ0n) is 14.3. The van der Waals surface area contributed by atoms with Gasteiger partial charge in [0.1, 0.15) is 0 Å². The number of fused-ring (bicyclic) bond motifs is 1. The van der Waals surface area contributed by atoms with Gasteiger partial charge in [0.05, 0.1) is 23.4 Å². The lowest BCUT2D eigenvalue weighted by Crippen LogP contribution is -2.46. The quantitative estimate of drug-likeness (QED) is 0.747. The molecule has 0 aliphatic carbocycles. The Morgan fingerprint density at radius 2 is 2.20 bits per heavy atom. The number of amidine groups is 1. The zero-order chi connectivity index (χ0) is 18.1. The smallest absolute Gasteiger partial charge is 0.338 e. The van der Waals surface area contributed by atoms with Crippen LogP contribution in [0, 0.1) is 0 Å². The first kappa shape index (κ1) is 18.0. The molecule has 1 aromatic carbocycles. The second-order valence-electron chi connectivity index (χ2n) is 6.17. The number of nitrogens with zero attached hydrogens (tertiary/aromatic N) is 2. The predicted octanol–water partition coefficient (Wildman–Crippen LogP) is 3.94. The van der Waals surface area contributed by atoms with Crippen LogP contribution in [-0.2, 0) is 14.3 Å². The molecular weight excluding hydrogens is 360 g/mol. The van der Waals surface area contributed by atoms with Crippen molar-refractivity contribution in [1.29, 1.82) is 0 Å². The molecule has 1 aromatic rings. The highest BCUT2D eigenvalue weighted by atomic mass is 35.5. The Morgan fingerprint density at radius 3 is 2.88 bits per heavy atom. The van der Waals surface area contributed by atoms with Crippen LogP contribution in [0.15, 0.2) is 40.5 Å². The SMILES string of the molecule is CC1=C(C(=O)OC(C)C)[C@H](c2cccc(Cl)c2)N2C(=O)CCSC2=N1. The van der Waals surface area contributed by atoms with Crippen LogP contribution in [0.5, 0.6) is 0 Å². The fourth-order valence-electron chi connectivity index (χ4n) is 2.93. The van der Waals surface area contributed by atoms with Crippen LogP contribution in [0.1, 0.15) is 38.8 Å². The van der Waals surface area contributed by atoms with Gasteiger partial charge in [-0.2, -0.15) is 0 Å². The van der Waals surface area contributed by atoms with Gasteiger partial charge in [-0.25, -0.2) is 9.79 Å². The number of amides is 1. The molecule has 25 heavy (non-hydrogen) atoms. The Balaban J connectivity index is 2.14. The van der Waals surface area contributed by atoms with Crippen LogP contribution in [0.3, 0.4) is 0 Å². The third-order valence-corrected chi connectivity index (χ3v) is 5.12. The van der Waals surface area contributed by atoms with E-state index in [0.29, 0.717) is 33.6 Å². The minimum Gasteiger partial charge on any atom is -0.459 e. The van der Waals surface area contributed by atoms with E-state index < -0.39 is 12.0 Å². The summed E-state index contributed by atoms with van der Waals surface area (Å²) in [5.74, 6) is 0.184. The maximum absolute atomic E-state index is 12.7. The number of carbonyl (C=O) groups is 2. The van der Waals surface area contributed by atoms with Crippen molar-refractivity contribution in [3.8, 4) is 0 Å². The predicted molar refractivity (Wildman–Crippen MR) is 99.5 cm³/mol. The number of rotatable bonds is 3. The van der Waals surface area contributed by atoms with Gasteiger partial charge in [-0.05, 0) is 38.5 Å². The minimum absolute atomic E-state index is 0.0511. The Labute approximate surface area is 156 Å². The second-order valence-corrected chi connectivity index (χ2v) is 7.67. The molecule has 0 unspecified atom stereocenters. The zero-order valence-corrected chi connectivity index (χ0v) is 15.9. The molecular formula is C18H19ClN2O3S. The molecule has 1 atom stereocenters. The number of halogens is 1.